The van der Waals surface area contributed by atoms with Crippen LogP contribution in [0.3, 0.4) is 0 Å². The Morgan fingerprint density at radius 1 is 1.21 bits per heavy atom. The average molecular weight is 399 g/mol. The molecule has 2 aromatic heterocycles. The van der Waals surface area contributed by atoms with Crippen LogP contribution in [0, 0.1) is 12.8 Å². The lowest BCUT2D eigenvalue weighted by atomic mass is 9.97. The maximum absolute atomic E-state index is 13.1. The third-order valence-corrected chi connectivity index (χ3v) is 6.45. The monoisotopic (exact) mass is 398 g/mol. The van der Waals surface area contributed by atoms with E-state index in [2.05, 4.69) is 28.7 Å². The number of fused-ring (bicyclic) bond motifs is 1. The maximum atomic E-state index is 13.1. The first-order valence-corrected chi connectivity index (χ1v) is 10.7. The van der Waals surface area contributed by atoms with Gasteiger partial charge in [0.15, 0.2) is 5.65 Å². The van der Waals surface area contributed by atoms with Gasteiger partial charge < -0.3 is 15.5 Å². The Balaban J connectivity index is 1.44. The van der Waals surface area contributed by atoms with E-state index in [-0.39, 0.29) is 23.9 Å². The number of rotatable bonds is 3. The molecule has 3 saturated heterocycles. The van der Waals surface area contributed by atoms with Gasteiger partial charge in [-0.1, -0.05) is 0 Å². The summed E-state index contributed by atoms with van der Waals surface area (Å²) in [7, 11) is 0. The molecule has 3 fully saturated rings. The molecule has 9 nitrogen and oxygen atoms in total. The zero-order valence-corrected chi connectivity index (χ0v) is 17.0. The van der Waals surface area contributed by atoms with E-state index >= 15 is 0 Å². The van der Waals surface area contributed by atoms with Crippen molar-refractivity contribution in [3.05, 3.63) is 23.5 Å². The van der Waals surface area contributed by atoms with Crippen molar-refractivity contribution in [2.75, 3.05) is 37.6 Å². The molecule has 0 aliphatic carbocycles. The van der Waals surface area contributed by atoms with E-state index in [0.717, 1.165) is 68.0 Å². The molecule has 156 valence electrons. The summed E-state index contributed by atoms with van der Waals surface area (Å²) in [4.78, 5) is 22.3. The van der Waals surface area contributed by atoms with Crippen LogP contribution in [0.4, 0.5) is 5.82 Å². The van der Waals surface area contributed by atoms with Gasteiger partial charge in [0.2, 0.25) is 5.91 Å². The Hall–Kier alpha value is -2.23. The lowest BCUT2D eigenvalue weighted by Crippen LogP contribution is -2.43. The summed E-state index contributed by atoms with van der Waals surface area (Å²) in [5, 5.41) is 4.82. The fraction of sp³-hybridized carbons (Fsp3) is 0.650. The van der Waals surface area contributed by atoms with Crippen LogP contribution in [0.15, 0.2) is 12.3 Å². The lowest BCUT2D eigenvalue weighted by molar-refractivity contribution is -0.138. The second-order valence-electron chi connectivity index (χ2n) is 8.62. The molecule has 2 unspecified atom stereocenters. The summed E-state index contributed by atoms with van der Waals surface area (Å²) in [6, 6.07) is 2.30. The van der Waals surface area contributed by atoms with Crippen LogP contribution in [0.25, 0.3) is 5.65 Å². The fourth-order valence-electron chi connectivity index (χ4n) is 4.86. The van der Waals surface area contributed by atoms with Gasteiger partial charge in [-0.25, -0.2) is 9.50 Å². The van der Waals surface area contributed by atoms with Crippen molar-refractivity contribution < 1.29 is 4.79 Å². The molecule has 4 N–H and O–H groups in total. The Morgan fingerprint density at radius 3 is 2.79 bits per heavy atom. The zero-order chi connectivity index (χ0) is 20.0. The highest BCUT2D eigenvalue weighted by Gasteiger charge is 2.35. The Labute approximate surface area is 170 Å². The molecular weight excluding hydrogens is 368 g/mol. The molecule has 0 saturated carbocycles. The highest BCUT2D eigenvalue weighted by molar-refractivity contribution is 5.80. The number of piperidine rings is 1. The summed E-state index contributed by atoms with van der Waals surface area (Å²) in [5.41, 5.74) is 15.1. The van der Waals surface area contributed by atoms with Gasteiger partial charge in [0, 0.05) is 56.6 Å². The van der Waals surface area contributed by atoms with Crippen molar-refractivity contribution >= 4 is 17.4 Å². The summed E-state index contributed by atoms with van der Waals surface area (Å²) < 4.78 is 1.86. The average Bonchev–Trinajstić information content (AvgIpc) is 3.47. The normalized spacial score (nSPS) is 26.0. The van der Waals surface area contributed by atoms with Crippen molar-refractivity contribution in [3.63, 3.8) is 0 Å². The van der Waals surface area contributed by atoms with Gasteiger partial charge in [-0.15, -0.1) is 0 Å². The van der Waals surface area contributed by atoms with Crippen LogP contribution in [-0.2, 0) is 4.79 Å². The van der Waals surface area contributed by atoms with E-state index in [1.165, 1.54) is 0 Å². The van der Waals surface area contributed by atoms with Crippen LogP contribution in [0.2, 0.25) is 0 Å². The first-order chi connectivity index (χ1) is 14.1. The van der Waals surface area contributed by atoms with Crippen LogP contribution >= 0.6 is 0 Å². The van der Waals surface area contributed by atoms with Gasteiger partial charge in [-0.2, -0.15) is 5.10 Å². The Bertz CT molecular complexity index is 905. The minimum atomic E-state index is -0.000946. The molecule has 5 heterocycles. The standard InChI is InChI=1S/C20H30N8O/c1-13-11-28-18(24-19(13)26-7-5-15(21)12-26)8-16(25-28)17-4-2-3-6-27(17)20(29)14-9-22-23-10-14/h8,11,14-15,17,22-23H,2-7,9-10,12,21H2,1H3. The molecule has 3 aliphatic heterocycles. The van der Waals surface area contributed by atoms with Crippen LogP contribution in [0.5, 0.6) is 0 Å². The molecule has 0 spiro atoms. The van der Waals surface area contributed by atoms with Crippen molar-refractivity contribution in [2.45, 2.75) is 44.7 Å². The molecule has 2 atom stereocenters. The predicted octanol–water partition coefficient (Wildman–Crippen LogP) is 0.353. The van der Waals surface area contributed by atoms with Crippen LogP contribution < -0.4 is 21.5 Å². The van der Waals surface area contributed by atoms with Crippen molar-refractivity contribution in [2.24, 2.45) is 11.7 Å². The van der Waals surface area contributed by atoms with E-state index < -0.39 is 0 Å². The minimum Gasteiger partial charge on any atom is -0.355 e. The highest BCUT2D eigenvalue weighted by atomic mass is 16.2. The second-order valence-corrected chi connectivity index (χ2v) is 8.62. The molecular formula is C20H30N8O. The summed E-state index contributed by atoms with van der Waals surface area (Å²) in [6.07, 6.45) is 6.18. The number of amides is 1. The number of aromatic nitrogens is 3. The summed E-state index contributed by atoms with van der Waals surface area (Å²) >= 11 is 0. The molecule has 2 aromatic rings. The van der Waals surface area contributed by atoms with Crippen LogP contribution in [-0.4, -0.2) is 64.2 Å². The second kappa shape index (κ2) is 7.55. The van der Waals surface area contributed by atoms with Gasteiger partial charge in [-0.3, -0.25) is 15.6 Å². The van der Waals surface area contributed by atoms with Crippen molar-refractivity contribution in [1.82, 2.24) is 30.3 Å². The number of likely N-dealkylation sites (tertiary alicyclic amines) is 1. The van der Waals surface area contributed by atoms with Crippen molar-refractivity contribution in [3.8, 4) is 0 Å². The summed E-state index contributed by atoms with van der Waals surface area (Å²) in [5.74, 6) is 1.22. The number of nitrogens with one attached hydrogen (secondary N) is 2. The quantitative estimate of drug-likeness (QED) is 0.685. The minimum absolute atomic E-state index is 0.000946. The number of hydrogen-bond acceptors (Lipinski definition) is 7. The number of nitrogens with zero attached hydrogens (tertiary/aromatic N) is 5. The summed E-state index contributed by atoms with van der Waals surface area (Å²) in [6.45, 7) is 6.05. The molecule has 0 aromatic carbocycles. The molecule has 9 heteroatoms. The van der Waals surface area contributed by atoms with Gasteiger partial charge in [0.1, 0.15) is 5.82 Å². The molecule has 3 aliphatic rings. The number of anilines is 1. The third-order valence-electron chi connectivity index (χ3n) is 6.45. The third kappa shape index (κ3) is 3.47. The number of nitrogens with two attached hydrogens (primary N) is 1. The number of carbonyl (C=O) groups is 1. The smallest absolute Gasteiger partial charge is 0.228 e. The largest absolute Gasteiger partial charge is 0.355 e. The number of hydrazine groups is 1. The Kier molecular flexibility index (Phi) is 4.89. The van der Waals surface area contributed by atoms with Crippen LogP contribution in [0.1, 0.15) is 43.0 Å². The van der Waals surface area contributed by atoms with Gasteiger partial charge in [-0.05, 0) is 32.6 Å². The first kappa shape index (κ1) is 18.8. The van der Waals surface area contributed by atoms with Gasteiger partial charge in [0.05, 0.1) is 17.7 Å². The number of hydrogen-bond donors (Lipinski definition) is 3. The fourth-order valence-corrected chi connectivity index (χ4v) is 4.86. The molecule has 1 amide bonds. The lowest BCUT2D eigenvalue weighted by Gasteiger charge is -2.36. The first-order valence-electron chi connectivity index (χ1n) is 10.7. The van der Waals surface area contributed by atoms with E-state index in [9.17, 15) is 4.79 Å². The molecule has 29 heavy (non-hydrogen) atoms. The molecule has 0 radical (unpaired) electrons. The zero-order valence-electron chi connectivity index (χ0n) is 17.0. The predicted molar refractivity (Wildman–Crippen MR) is 110 cm³/mol. The SMILES string of the molecule is Cc1cn2nc(C3CCCCN3C(=O)C3CNNC3)cc2nc1N1CCC(N)C1. The Morgan fingerprint density at radius 2 is 2.03 bits per heavy atom. The number of carbonyl (C=O) groups excluding carboxylic acids is 1. The number of aryl methyl sites for hydroxylation is 1. The van der Waals surface area contributed by atoms with Crippen molar-refractivity contribution in [1.29, 1.82) is 0 Å². The molecule has 0 bridgehead atoms. The van der Waals surface area contributed by atoms with Gasteiger partial charge in [0.25, 0.3) is 0 Å². The van der Waals surface area contributed by atoms with E-state index in [1.54, 1.807) is 0 Å². The maximum Gasteiger partial charge on any atom is 0.228 e. The van der Waals surface area contributed by atoms with E-state index in [0.29, 0.717) is 13.1 Å². The topological polar surface area (TPSA) is 104 Å². The van der Waals surface area contributed by atoms with E-state index in [4.69, 9.17) is 15.8 Å². The molecule has 5 rings (SSSR count). The van der Waals surface area contributed by atoms with Gasteiger partial charge >= 0.3 is 0 Å². The highest BCUT2D eigenvalue weighted by Crippen LogP contribution is 2.32. The van der Waals surface area contributed by atoms with E-state index in [1.807, 2.05) is 15.6 Å².